The van der Waals surface area contributed by atoms with Crippen LogP contribution in [0.15, 0.2) is 24.3 Å². The standard InChI is InChI=1S/C16H24N2O/c1-2-3-13-4-6-14(7-5-13)8-11-18-16(19)15-9-10-17-12-15/h4-7,15,17H,2-3,8-12H2,1H3,(H,18,19). The number of amides is 1. The molecule has 0 radical (unpaired) electrons. The van der Waals surface area contributed by atoms with Gasteiger partial charge in [-0.2, -0.15) is 0 Å². The second kappa shape index (κ2) is 7.29. The van der Waals surface area contributed by atoms with Crippen molar-refractivity contribution < 1.29 is 4.79 Å². The average Bonchev–Trinajstić information content (AvgIpc) is 2.95. The Kier molecular flexibility index (Phi) is 5.40. The van der Waals surface area contributed by atoms with Gasteiger partial charge in [0.2, 0.25) is 5.91 Å². The van der Waals surface area contributed by atoms with Crippen LogP contribution in [0.2, 0.25) is 0 Å². The van der Waals surface area contributed by atoms with Crippen LogP contribution in [0.5, 0.6) is 0 Å². The van der Waals surface area contributed by atoms with Crippen molar-refractivity contribution in [3.8, 4) is 0 Å². The first-order valence-electron chi connectivity index (χ1n) is 7.36. The lowest BCUT2D eigenvalue weighted by Gasteiger charge is -2.10. The van der Waals surface area contributed by atoms with Crippen LogP contribution < -0.4 is 10.6 Å². The third-order valence-corrected chi connectivity index (χ3v) is 3.71. The molecule has 0 bridgehead atoms. The topological polar surface area (TPSA) is 41.1 Å². The predicted molar refractivity (Wildman–Crippen MR) is 78.1 cm³/mol. The maximum absolute atomic E-state index is 11.8. The summed E-state index contributed by atoms with van der Waals surface area (Å²) in [6.45, 7) is 4.73. The van der Waals surface area contributed by atoms with E-state index in [1.54, 1.807) is 0 Å². The molecule has 1 amide bonds. The summed E-state index contributed by atoms with van der Waals surface area (Å²) in [6, 6.07) is 8.74. The highest BCUT2D eigenvalue weighted by atomic mass is 16.1. The lowest BCUT2D eigenvalue weighted by atomic mass is 10.1. The van der Waals surface area contributed by atoms with Gasteiger partial charge in [-0.15, -0.1) is 0 Å². The molecular formula is C16H24N2O. The van der Waals surface area contributed by atoms with Gasteiger partial charge in [0.1, 0.15) is 0 Å². The van der Waals surface area contributed by atoms with Crippen molar-refractivity contribution in [1.82, 2.24) is 10.6 Å². The van der Waals surface area contributed by atoms with E-state index in [2.05, 4.69) is 41.8 Å². The fraction of sp³-hybridized carbons (Fsp3) is 0.562. The lowest BCUT2D eigenvalue weighted by Crippen LogP contribution is -2.33. The molecule has 1 aliphatic heterocycles. The Labute approximate surface area is 115 Å². The van der Waals surface area contributed by atoms with Crippen LogP contribution in [0.3, 0.4) is 0 Å². The van der Waals surface area contributed by atoms with Gasteiger partial charge >= 0.3 is 0 Å². The van der Waals surface area contributed by atoms with E-state index in [9.17, 15) is 4.79 Å². The Balaban J connectivity index is 1.71. The van der Waals surface area contributed by atoms with Gasteiger partial charge in [0.15, 0.2) is 0 Å². The predicted octanol–water partition coefficient (Wildman–Crippen LogP) is 1.91. The second-order valence-electron chi connectivity index (χ2n) is 5.30. The molecule has 3 nitrogen and oxygen atoms in total. The summed E-state index contributed by atoms with van der Waals surface area (Å²) < 4.78 is 0. The summed E-state index contributed by atoms with van der Waals surface area (Å²) in [5.74, 6) is 0.375. The molecule has 19 heavy (non-hydrogen) atoms. The summed E-state index contributed by atoms with van der Waals surface area (Å²) in [6.07, 6.45) is 4.21. The molecule has 1 heterocycles. The number of carbonyl (C=O) groups excluding carboxylic acids is 1. The first-order valence-corrected chi connectivity index (χ1v) is 7.36. The summed E-state index contributed by atoms with van der Waals surface area (Å²) in [4.78, 5) is 11.8. The number of nitrogens with one attached hydrogen (secondary N) is 2. The monoisotopic (exact) mass is 260 g/mol. The minimum Gasteiger partial charge on any atom is -0.355 e. The molecule has 1 aliphatic rings. The maximum Gasteiger partial charge on any atom is 0.224 e. The molecule has 1 aromatic rings. The highest BCUT2D eigenvalue weighted by molar-refractivity contribution is 5.79. The number of hydrogen-bond acceptors (Lipinski definition) is 2. The van der Waals surface area contributed by atoms with Crippen LogP contribution in [0, 0.1) is 5.92 Å². The average molecular weight is 260 g/mol. The van der Waals surface area contributed by atoms with Crippen molar-refractivity contribution in [2.24, 2.45) is 5.92 Å². The molecule has 0 spiro atoms. The van der Waals surface area contributed by atoms with Crippen molar-refractivity contribution in [3.63, 3.8) is 0 Å². The number of benzene rings is 1. The molecule has 1 saturated heterocycles. The summed E-state index contributed by atoms with van der Waals surface area (Å²) in [7, 11) is 0. The van der Waals surface area contributed by atoms with Crippen LogP contribution in [0.25, 0.3) is 0 Å². The van der Waals surface area contributed by atoms with Gasteiger partial charge in [-0.05, 0) is 36.9 Å². The minimum atomic E-state index is 0.173. The zero-order valence-corrected chi connectivity index (χ0v) is 11.7. The molecule has 2 N–H and O–H groups in total. The highest BCUT2D eigenvalue weighted by Gasteiger charge is 2.21. The van der Waals surface area contributed by atoms with E-state index in [-0.39, 0.29) is 11.8 Å². The maximum atomic E-state index is 11.8. The number of aryl methyl sites for hydroxylation is 1. The summed E-state index contributed by atoms with van der Waals surface area (Å²) >= 11 is 0. The van der Waals surface area contributed by atoms with E-state index >= 15 is 0 Å². The largest absolute Gasteiger partial charge is 0.355 e. The Hall–Kier alpha value is -1.35. The Bertz CT molecular complexity index is 394. The molecule has 2 rings (SSSR count). The highest BCUT2D eigenvalue weighted by Crippen LogP contribution is 2.08. The van der Waals surface area contributed by atoms with Gasteiger partial charge < -0.3 is 10.6 Å². The zero-order valence-electron chi connectivity index (χ0n) is 11.7. The van der Waals surface area contributed by atoms with E-state index in [0.717, 1.165) is 38.9 Å². The van der Waals surface area contributed by atoms with Crippen LogP contribution in [0.1, 0.15) is 30.9 Å². The smallest absolute Gasteiger partial charge is 0.224 e. The summed E-state index contributed by atoms with van der Waals surface area (Å²) in [5, 5.41) is 6.25. The van der Waals surface area contributed by atoms with Gasteiger partial charge in [0, 0.05) is 13.1 Å². The molecule has 0 aliphatic carbocycles. The molecule has 104 valence electrons. The molecule has 3 heteroatoms. The number of rotatable bonds is 6. The first kappa shape index (κ1) is 14.1. The molecule has 1 atom stereocenters. The Morgan fingerprint density at radius 3 is 2.53 bits per heavy atom. The molecule has 1 aromatic carbocycles. The van der Waals surface area contributed by atoms with E-state index in [1.807, 2.05) is 0 Å². The van der Waals surface area contributed by atoms with Gasteiger partial charge in [0.25, 0.3) is 0 Å². The quantitative estimate of drug-likeness (QED) is 0.820. The summed E-state index contributed by atoms with van der Waals surface area (Å²) in [5.41, 5.74) is 2.69. The normalized spacial score (nSPS) is 18.5. The van der Waals surface area contributed by atoms with E-state index < -0.39 is 0 Å². The van der Waals surface area contributed by atoms with Crippen molar-refractivity contribution in [2.75, 3.05) is 19.6 Å². The van der Waals surface area contributed by atoms with Crippen LogP contribution in [0.4, 0.5) is 0 Å². The van der Waals surface area contributed by atoms with E-state index in [4.69, 9.17) is 0 Å². The third-order valence-electron chi connectivity index (χ3n) is 3.71. The van der Waals surface area contributed by atoms with Crippen molar-refractivity contribution in [2.45, 2.75) is 32.6 Å². The second-order valence-corrected chi connectivity index (χ2v) is 5.30. The van der Waals surface area contributed by atoms with Gasteiger partial charge in [-0.1, -0.05) is 37.6 Å². The molecular weight excluding hydrogens is 236 g/mol. The Morgan fingerprint density at radius 1 is 1.26 bits per heavy atom. The van der Waals surface area contributed by atoms with E-state index in [0.29, 0.717) is 0 Å². The first-order chi connectivity index (χ1) is 9.29. The van der Waals surface area contributed by atoms with Crippen molar-refractivity contribution in [3.05, 3.63) is 35.4 Å². The van der Waals surface area contributed by atoms with Crippen molar-refractivity contribution in [1.29, 1.82) is 0 Å². The van der Waals surface area contributed by atoms with E-state index in [1.165, 1.54) is 17.5 Å². The Morgan fingerprint density at radius 2 is 1.95 bits per heavy atom. The molecule has 1 fully saturated rings. The third kappa shape index (κ3) is 4.35. The van der Waals surface area contributed by atoms with Crippen LogP contribution in [-0.4, -0.2) is 25.5 Å². The van der Waals surface area contributed by atoms with Crippen molar-refractivity contribution >= 4 is 5.91 Å². The van der Waals surface area contributed by atoms with Gasteiger partial charge in [-0.25, -0.2) is 0 Å². The minimum absolute atomic E-state index is 0.173. The zero-order chi connectivity index (χ0) is 13.5. The fourth-order valence-electron chi connectivity index (χ4n) is 2.51. The SMILES string of the molecule is CCCc1ccc(CCNC(=O)C2CCNC2)cc1. The number of carbonyl (C=O) groups is 1. The molecule has 0 saturated carbocycles. The lowest BCUT2D eigenvalue weighted by molar-refractivity contribution is -0.124. The van der Waals surface area contributed by atoms with Gasteiger partial charge in [0.05, 0.1) is 5.92 Å². The number of hydrogen-bond donors (Lipinski definition) is 2. The van der Waals surface area contributed by atoms with Crippen LogP contribution in [-0.2, 0) is 17.6 Å². The fourth-order valence-corrected chi connectivity index (χ4v) is 2.51. The van der Waals surface area contributed by atoms with Crippen LogP contribution >= 0.6 is 0 Å². The molecule has 0 aromatic heterocycles. The van der Waals surface area contributed by atoms with Gasteiger partial charge in [-0.3, -0.25) is 4.79 Å². The molecule has 1 unspecified atom stereocenters.